The zero-order chi connectivity index (χ0) is 25.5. The number of hydrogen-bond donors (Lipinski definition) is 1. The van der Waals surface area contributed by atoms with E-state index < -0.39 is 0 Å². The lowest BCUT2D eigenvalue weighted by Gasteiger charge is -2.09. The largest absolute Gasteiger partial charge is 0.496 e. The lowest BCUT2D eigenvalue weighted by molar-refractivity contribution is 0.101. The van der Waals surface area contributed by atoms with Crippen LogP contribution in [0.15, 0.2) is 75.6 Å². The van der Waals surface area contributed by atoms with Gasteiger partial charge in [-0.2, -0.15) is 0 Å². The number of methoxy groups -OCH3 is 1. The Bertz CT molecular complexity index is 1360. The maximum atomic E-state index is 13.4. The quantitative estimate of drug-likeness (QED) is 0.153. The second kappa shape index (κ2) is 11.9. The number of unbranched alkanes of at least 4 members (excludes halogenated alkanes) is 3. The van der Waals surface area contributed by atoms with E-state index in [-0.39, 0.29) is 17.5 Å². The summed E-state index contributed by atoms with van der Waals surface area (Å²) in [4.78, 5) is 26.5. The van der Waals surface area contributed by atoms with Crippen molar-refractivity contribution in [1.82, 2.24) is 0 Å². The Hall–Kier alpha value is -3.58. The molecule has 0 saturated heterocycles. The third kappa shape index (κ3) is 5.79. The number of ether oxygens (including phenoxy) is 2. The summed E-state index contributed by atoms with van der Waals surface area (Å²) >= 11 is 3.42. The number of rotatable bonds is 11. The molecule has 4 aromatic rings. The molecule has 186 valence electrons. The Morgan fingerprint density at radius 2 is 1.69 bits per heavy atom. The van der Waals surface area contributed by atoms with E-state index in [2.05, 4.69) is 28.2 Å². The molecule has 0 spiro atoms. The molecule has 3 aromatic carbocycles. The number of nitrogens with one attached hydrogen (secondary N) is 1. The summed E-state index contributed by atoms with van der Waals surface area (Å²) < 4.78 is 17.6. The molecule has 0 aliphatic carbocycles. The van der Waals surface area contributed by atoms with Crippen molar-refractivity contribution in [2.75, 3.05) is 19.0 Å². The van der Waals surface area contributed by atoms with E-state index in [1.54, 1.807) is 55.6 Å². The maximum Gasteiger partial charge on any atom is 0.255 e. The summed E-state index contributed by atoms with van der Waals surface area (Å²) in [5.41, 5.74) is 1.70. The predicted molar refractivity (Wildman–Crippen MR) is 144 cm³/mol. The maximum absolute atomic E-state index is 13.4. The monoisotopic (exact) mass is 549 g/mol. The highest BCUT2D eigenvalue weighted by Crippen LogP contribution is 2.34. The third-order valence-corrected chi connectivity index (χ3v) is 6.46. The van der Waals surface area contributed by atoms with Gasteiger partial charge < -0.3 is 19.2 Å². The van der Waals surface area contributed by atoms with E-state index in [0.29, 0.717) is 44.6 Å². The Morgan fingerprint density at radius 3 is 2.42 bits per heavy atom. The fraction of sp³-hybridized carbons (Fsp3) is 0.241. The Balaban J connectivity index is 1.55. The van der Waals surface area contributed by atoms with Crippen LogP contribution in [0, 0.1) is 0 Å². The van der Waals surface area contributed by atoms with Gasteiger partial charge in [-0.3, -0.25) is 9.59 Å². The van der Waals surface area contributed by atoms with Gasteiger partial charge in [0.2, 0.25) is 5.78 Å². The fourth-order valence-electron chi connectivity index (χ4n) is 3.88. The molecule has 7 heteroatoms. The molecule has 1 aromatic heterocycles. The molecule has 0 saturated carbocycles. The minimum Gasteiger partial charge on any atom is -0.496 e. The Morgan fingerprint density at radius 1 is 0.944 bits per heavy atom. The normalized spacial score (nSPS) is 10.9. The van der Waals surface area contributed by atoms with Gasteiger partial charge >= 0.3 is 0 Å². The van der Waals surface area contributed by atoms with Crippen molar-refractivity contribution in [3.8, 4) is 11.5 Å². The lowest BCUT2D eigenvalue weighted by Crippen LogP contribution is -2.14. The second-order valence-corrected chi connectivity index (χ2v) is 9.22. The van der Waals surface area contributed by atoms with Crippen molar-refractivity contribution in [2.45, 2.75) is 32.6 Å². The summed E-state index contributed by atoms with van der Waals surface area (Å²) in [5, 5.41) is 3.54. The highest BCUT2D eigenvalue weighted by Gasteiger charge is 2.24. The lowest BCUT2D eigenvalue weighted by atomic mass is 10.1. The molecule has 4 rings (SSSR count). The average molecular weight is 550 g/mol. The van der Waals surface area contributed by atoms with E-state index in [1.165, 1.54) is 12.8 Å². The molecule has 0 radical (unpaired) electrons. The molecule has 0 aliphatic rings. The third-order valence-electron chi connectivity index (χ3n) is 5.84. The van der Waals surface area contributed by atoms with E-state index in [9.17, 15) is 9.59 Å². The number of ketones is 1. The van der Waals surface area contributed by atoms with Crippen LogP contribution in [0.4, 0.5) is 5.69 Å². The zero-order valence-electron chi connectivity index (χ0n) is 20.3. The molecular weight excluding hydrogens is 522 g/mol. The molecule has 6 nitrogen and oxygen atoms in total. The van der Waals surface area contributed by atoms with Crippen molar-refractivity contribution in [2.24, 2.45) is 0 Å². The van der Waals surface area contributed by atoms with Crippen LogP contribution >= 0.6 is 15.9 Å². The molecule has 0 unspecified atom stereocenters. The minimum atomic E-state index is -0.350. The zero-order valence-corrected chi connectivity index (χ0v) is 21.9. The number of amides is 1. The van der Waals surface area contributed by atoms with E-state index >= 15 is 0 Å². The molecule has 1 amide bonds. The van der Waals surface area contributed by atoms with Crippen molar-refractivity contribution in [3.05, 3.63) is 88.1 Å². The van der Waals surface area contributed by atoms with Crippen molar-refractivity contribution in [1.29, 1.82) is 0 Å². The summed E-state index contributed by atoms with van der Waals surface area (Å²) in [6.07, 6.45) is 4.53. The number of carbonyl (C=O) groups is 2. The molecule has 0 fully saturated rings. The van der Waals surface area contributed by atoms with E-state index in [4.69, 9.17) is 13.9 Å². The van der Waals surface area contributed by atoms with Crippen LogP contribution in [-0.4, -0.2) is 25.4 Å². The van der Waals surface area contributed by atoms with Gasteiger partial charge in [-0.1, -0.05) is 38.3 Å². The SMILES string of the molecule is CCCCCCOc1ccc(C(=O)Nc2c(C(=O)c3ccc(OC)c(Br)c3)oc3ccccc23)cc1. The van der Waals surface area contributed by atoms with Crippen LogP contribution in [0.25, 0.3) is 11.0 Å². The van der Waals surface area contributed by atoms with Gasteiger partial charge in [-0.15, -0.1) is 0 Å². The predicted octanol–water partition coefficient (Wildman–Crippen LogP) is 7.65. The van der Waals surface area contributed by atoms with Gasteiger partial charge in [0.25, 0.3) is 5.91 Å². The van der Waals surface area contributed by atoms with Gasteiger partial charge in [0.15, 0.2) is 5.76 Å². The molecule has 0 aliphatic heterocycles. The van der Waals surface area contributed by atoms with Gasteiger partial charge in [-0.05, 0) is 76.9 Å². The van der Waals surface area contributed by atoms with E-state index in [0.717, 1.165) is 18.6 Å². The number of hydrogen-bond acceptors (Lipinski definition) is 5. The van der Waals surface area contributed by atoms with Gasteiger partial charge in [-0.25, -0.2) is 0 Å². The number of benzene rings is 3. The topological polar surface area (TPSA) is 77.8 Å². The summed E-state index contributed by atoms with van der Waals surface area (Å²) in [6, 6.07) is 19.2. The van der Waals surface area contributed by atoms with Crippen molar-refractivity contribution < 1.29 is 23.5 Å². The second-order valence-electron chi connectivity index (χ2n) is 8.37. The smallest absolute Gasteiger partial charge is 0.255 e. The average Bonchev–Trinajstić information content (AvgIpc) is 3.26. The first-order chi connectivity index (χ1) is 17.5. The van der Waals surface area contributed by atoms with Crippen LogP contribution in [0.3, 0.4) is 0 Å². The van der Waals surface area contributed by atoms with Crippen LogP contribution in [0.5, 0.6) is 11.5 Å². The first kappa shape index (κ1) is 25.5. The van der Waals surface area contributed by atoms with Crippen molar-refractivity contribution in [3.63, 3.8) is 0 Å². The van der Waals surface area contributed by atoms with Gasteiger partial charge in [0.05, 0.1) is 23.9 Å². The fourth-order valence-corrected chi connectivity index (χ4v) is 4.42. The standard InChI is InChI=1S/C29H28BrNO5/c1-3-4-5-8-17-35-21-14-11-19(12-15-21)29(33)31-26-22-9-6-7-10-24(22)36-28(26)27(32)20-13-16-25(34-2)23(30)18-20/h6-7,9-16,18H,3-5,8,17H2,1-2H3,(H,31,33). The number of anilines is 1. The molecule has 36 heavy (non-hydrogen) atoms. The van der Waals surface area contributed by atoms with Crippen LogP contribution in [0.1, 0.15) is 59.1 Å². The number of halogens is 1. The number of fused-ring (bicyclic) bond motifs is 1. The number of para-hydroxylation sites is 1. The van der Waals surface area contributed by atoms with Gasteiger partial charge in [0.1, 0.15) is 17.1 Å². The van der Waals surface area contributed by atoms with E-state index in [1.807, 2.05) is 18.2 Å². The van der Waals surface area contributed by atoms with Crippen LogP contribution in [-0.2, 0) is 0 Å². The molecule has 1 N–H and O–H groups in total. The minimum absolute atomic E-state index is 0.0636. The Labute approximate surface area is 218 Å². The summed E-state index contributed by atoms with van der Waals surface area (Å²) in [7, 11) is 1.56. The summed E-state index contributed by atoms with van der Waals surface area (Å²) in [5.74, 6) is 0.696. The highest BCUT2D eigenvalue weighted by atomic mass is 79.9. The van der Waals surface area contributed by atoms with Gasteiger partial charge in [0, 0.05) is 16.5 Å². The first-order valence-electron chi connectivity index (χ1n) is 12.0. The molecule has 1 heterocycles. The first-order valence-corrected chi connectivity index (χ1v) is 12.7. The summed E-state index contributed by atoms with van der Waals surface area (Å²) in [6.45, 7) is 2.83. The van der Waals surface area contributed by atoms with Crippen molar-refractivity contribution >= 4 is 44.3 Å². The Kier molecular flexibility index (Phi) is 8.44. The highest BCUT2D eigenvalue weighted by molar-refractivity contribution is 9.10. The molecule has 0 bridgehead atoms. The number of furan rings is 1. The van der Waals surface area contributed by atoms with Crippen LogP contribution < -0.4 is 14.8 Å². The molecular formula is C29H28BrNO5. The van der Waals surface area contributed by atoms with Crippen LogP contribution in [0.2, 0.25) is 0 Å². The number of carbonyl (C=O) groups excluding carboxylic acids is 2. The molecule has 0 atom stereocenters.